The Morgan fingerprint density at radius 3 is 2.70 bits per heavy atom. The van der Waals surface area contributed by atoms with E-state index < -0.39 is 0 Å². The number of hydrogen-bond donors (Lipinski definition) is 1. The van der Waals surface area contributed by atoms with Crippen molar-refractivity contribution in [2.45, 2.75) is 71.3 Å². The lowest BCUT2D eigenvalue weighted by atomic mass is 9.46. The molecule has 0 aromatic carbocycles. The molecular formula is C19H30O. The number of hydrogen-bond acceptors (Lipinski definition) is 1. The summed E-state index contributed by atoms with van der Waals surface area (Å²) >= 11 is 0. The quantitative estimate of drug-likeness (QED) is 0.642. The van der Waals surface area contributed by atoms with E-state index in [0.717, 1.165) is 30.1 Å². The first-order valence-corrected chi connectivity index (χ1v) is 8.90. The Kier molecular flexibility index (Phi) is 2.91. The van der Waals surface area contributed by atoms with Gasteiger partial charge in [0, 0.05) is 0 Å². The average molecular weight is 274 g/mol. The monoisotopic (exact) mass is 274 g/mol. The van der Waals surface area contributed by atoms with E-state index >= 15 is 0 Å². The zero-order chi connectivity index (χ0) is 14.0. The molecule has 112 valence electrons. The Hall–Kier alpha value is -0.300. The molecule has 0 amide bonds. The van der Waals surface area contributed by atoms with E-state index in [-0.39, 0.29) is 6.10 Å². The molecule has 0 aromatic heterocycles. The van der Waals surface area contributed by atoms with E-state index in [0.29, 0.717) is 10.8 Å². The summed E-state index contributed by atoms with van der Waals surface area (Å²) in [6, 6.07) is 0. The van der Waals surface area contributed by atoms with E-state index in [2.05, 4.69) is 26.0 Å². The Morgan fingerprint density at radius 2 is 1.85 bits per heavy atom. The first-order chi connectivity index (χ1) is 9.53. The third kappa shape index (κ3) is 1.71. The van der Waals surface area contributed by atoms with Gasteiger partial charge in [-0.1, -0.05) is 32.4 Å². The molecule has 0 aromatic rings. The lowest BCUT2D eigenvalue weighted by Crippen LogP contribution is -2.51. The van der Waals surface area contributed by atoms with Crippen molar-refractivity contribution in [3.05, 3.63) is 12.2 Å². The van der Waals surface area contributed by atoms with E-state index in [9.17, 15) is 5.11 Å². The third-order valence-corrected chi connectivity index (χ3v) is 7.95. The molecule has 0 radical (unpaired) electrons. The van der Waals surface area contributed by atoms with Crippen LogP contribution in [0.1, 0.15) is 65.2 Å². The van der Waals surface area contributed by atoms with Crippen molar-refractivity contribution in [1.82, 2.24) is 0 Å². The first kappa shape index (κ1) is 13.4. The van der Waals surface area contributed by atoms with Crippen LogP contribution in [0.5, 0.6) is 0 Å². The highest BCUT2D eigenvalue weighted by Crippen LogP contribution is 2.65. The van der Waals surface area contributed by atoms with Crippen LogP contribution < -0.4 is 0 Å². The van der Waals surface area contributed by atoms with Crippen LogP contribution in [0.15, 0.2) is 12.2 Å². The highest BCUT2D eigenvalue weighted by molar-refractivity contribution is 5.16. The van der Waals surface area contributed by atoms with Gasteiger partial charge >= 0.3 is 0 Å². The van der Waals surface area contributed by atoms with E-state index in [1.807, 2.05) is 0 Å². The Bertz CT molecular complexity index is 427. The third-order valence-electron chi connectivity index (χ3n) is 7.95. The molecular weight excluding hydrogens is 244 g/mol. The molecule has 0 saturated heterocycles. The standard InChI is InChI=1S/C19H30O/c1-18-9-3-4-16(18)15-6-5-13-12-14(20)7-11-19(13,2)17(15)8-10-18/h7,11,13-17,20H,3-6,8-10,12H2,1-2H3/t13-,14+,15-,16+,17-,18+,19-/m0/s1. The minimum atomic E-state index is -0.176. The molecule has 4 aliphatic rings. The highest BCUT2D eigenvalue weighted by atomic mass is 16.3. The fraction of sp³-hybridized carbons (Fsp3) is 0.895. The van der Waals surface area contributed by atoms with Crippen LogP contribution in [-0.2, 0) is 0 Å². The van der Waals surface area contributed by atoms with Crippen molar-refractivity contribution in [3.8, 4) is 0 Å². The predicted molar refractivity (Wildman–Crippen MR) is 82.3 cm³/mol. The largest absolute Gasteiger partial charge is 0.389 e. The fourth-order valence-electron chi connectivity index (χ4n) is 6.78. The fourth-order valence-corrected chi connectivity index (χ4v) is 6.78. The molecule has 0 unspecified atom stereocenters. The van der Waals surface area contributed by atoms with Crippen molar-refractivity contribution in [1.29, 1.82) is 0 Å². The van der Waals surface area contributed by atoms with Gasteiger partial charge in [-0.2, -0.15) is 0 Å². The van der Waals surface area contributed by atoms with E-state index in [4.69, 9.17) is 0 Å². The molecule has 3 fully saturated rings. The second-order valence-electron chi connectivity index (χ2n) is 8.76. The smallest absolute Gasteiger partial charge is 0.0724 e. The van der Waals surface area contributed by atoms with Gasteiger partial charge in [0.1, 0.15) is 0 Å². The summed E-state index contributed by atoms with van der Waals surface area (Å²) in [5, 5.41) is 9.96. The zero-order valence-electron chi connectivity index (χ0n) is 13.1. The summed E-state index contributed by atoms with van der Waals surface area (Å²) in [5.41, 5.74) is 1.05. The Labute approximate surface area is 123 Å². The second kappa shape index (κ2) is 4.35. The number of aliphatic hydroxyl groups excluding tert-OH is 1. The maximum atomic E-state index is 9.96. The van der Waals surface area contributed by atoms with Crippen LogP contribution in [0, 0.1) is 34.5 Å². The molecule has 1 N–H and O–H groups in total. The molecule has 0 bridgehead atoms. The average Bonchev–Trinajstić information content (AvgIpc) is 2.81. The Balaban J connectivity index is 1.67. The summed E-state index contributed by atoms with van der Waals surface area (Å²) in [7, 11) is 0. The van der Waals surface area contributed by atoms with Crippen molar-refractivity contribution in [2.75, 3.05) is 0 Å². The summed E-state index contributed by atoms with van der Waals surface area (Å²) in [6.45, 7) is 5.09. The van der Waals surface area contributed by atoms with Gasteiger partial charge in [-0.25, -0.2) is 0 Å². The lowest BCUT2D eigenvalue weighted by molar-refractivity contribution is -0.0760. The molecule has 7 atom stereocenters. The maximum absolute atomic E-state index is 9.96. The van der Waals surface area contributed by atoms with Crippen molar-refractivity contribution >= 4 is 0 Å². The molecule has 20 heavy (non-hydrogen) atoms. The summed E-state index contributed by atoms with van der Waals surface area (Å²) < 4.78 is 0. The lowest BCUT2D eigenvalue weighted by Gasteiger charge is -2.58. The maximum Gasteiger partial charge on any atom is 0.0724 e. The SMILES string of the molecule is C[C@]12CCC[C@@H]1[C@@H]1CC[C@H]3C[C@H](O)C=C[C@]3(C)[C@H]1CC2. The van der Waals surface area contributed by atoms with E-state index in [1.54, 1.807) is 0 Å². The summed E-state index contributed by atoms with van der Waals surface area (Å²) in [6.07, 6.45) is 15.5. The minimum absolute atomic E-state index is 0.176. The minimum Gasteiger partial charge on any atom is -0.389 e. The van der Waals surface area contributed by atoms with Crippen LogP contribution in [0.3, 0.4) is 0 Å². The molecule has 1 heteroatoms. The van der Waals surface area contributed by atoms with E-state index in [1.165, 1.54) is 44.9 Å². The van der Waals surface area contributed by atoms with Gasteiger partial charge in [-0.3, -0.25) is 0 Å². The molecule has 0 aliphatic heterocycles. The highest BCUT2D eigenvalue weighted by Gasteiger charge is 2.56. The number of fused-ring (bicyclic) bond motifs is 5. The molecule has 0 spiro atoms. The van der Waals surface area contributed by atoms with Gasteiger partial charge in [0.15, 0.2) is 0 Å². The normalized spacial score (nSPS) is 57.9. The Morgan fingerprint density at radius 1 is 1.00 bits per heavy atom. The van der Waals surface area contributed by atoms with Crippen LogP contribution in [0.25, 0.3) is 0 Å². The van der Waals surface area contributed by atoms with Crippen molar-refractivity contribution < 1.29 is 5.11 Å². The molecule has 4 rings (SSSR count). The summed E-state index contributed by atoms with van der Waals surface area (Å²) in [5.74, 6) is 3.59. The second-order valence-corrected chi connectivity index (χ2v) is 8.76. The molecule has 0 heterocycles. The molecule has 3 saturated carbocycles. The van der Waals surface area contributed by atoms with Gasteiger partial charge in [-0.15, -0.1) is 0 Å². The van der Waals surface area contributed by atoms with Gasteiger partial charge in [0.2, 0.25) is 0 Å². The molecule has 4 aliphatic carbocycles. The topological polar surface area (TPSA) is 20.2 Å². The number of aliphatic hydroxyl groups is 1. The number of rotatable bonds is 0. The van der Waals surface area contributed by atoms with Crippen molar-refractivity contribution in [2.24, 2.45) is 34.5 Å². The number of allylic oxidation sites excluding steroid dienone is 1. The van der Waals surface area contributed by atoms with Gasteiger partial charge in [-0.05, 0) is 79.4 Å². The van der Waals surface area contributed by atoms with Gasteiger partial charge < -0.3 is 5.11 Å². The van der Waals surface area contributed by atoms with Crippen LogP contribution >= 0.6 is 0 Å². The van der Waals surface area contributed by atoms with Crippen LogP contribution in [0.2, 0.25) is 0 Å². The summed E-state index contributed by atoms with van der Waals surface area (Å²) in [4.78, 5) is 0. The first-order valence-electron chi connectivity index (χ1n) is 8.90. The zero-order valence-corrected chi connectivity index (χ0v) is 13.1. The van der Waals surface area contributed by atoms with Crippen LogP contribution in [-0.4, -0.2) is 11.2 Å². The van der Waals surface area contributed by atoms with Gasteiger partial charge in [0.05, 0.1) is 6.10 Å². The predicted octanol–water partition coefficient (Wildman–Crippen LogP) is 4.56. The van der Waals surface area contributed by atoms with Crippen LogP contribution in [0.4, 0.5) is 0 Å². The van der Waals surface area contributed by atoms with Gasteiger partial charge in [0.25, 0.3) is 0 Å². The van der Waals surface area contributed by atoms with Crippen molar-refractivity contribution in [3.63, 3.8) is 0 Å². The molecule has 1 nitrogen and oxygen atoms in total.